The second-order valence-corrected chi connectivity index (χ2v) is 3.57. The highest BCUT2D eigenvalue weighted by molar-refractivity contribution is 6.16. The maximum atomic E-state index is 11.3. The van der Waals surface area contributed by atoms with Gasteiger partial charge in [-0.1, -0.05) is 0 Å². The zero-order valence-corrected chi connectivity index (χ0v) is 8.73. The van der Waals surface area contributed by atoms with Gasteiger partial charge in [0.05, 0.1) is 0 Å². The Morgan fingerprint density at radius 3 is 2.20 bits per heavy atom. The first-order valence-electron chi connectivity index (χ1n) is 4.35. The molecular weight excluding hydrogens is 204 g/mol. The third kappa shape index (κ3) is 2.53. The lowest BCUT2D eigenvalue weighted by Crippen LogP contribution is -2.49. The fraction of sp³-hybridized carbons (Fsp3) is 0.667. The number of hydrogen-bond acceptors (Lipinski definition) is 6. The van der Waals surface area contributed by atoms with Crippen LogP contribution in [0.2, 0.25) is 0 Å². The first-order valence-corrected chi connectivity index (χ1v) is 4.35. The summed E-state index contributed by atoms with van der Waals surface area (Å²) in [4.78, 5) is 34.0. The molecule has 6 heteroatoms. The maximum Gasteiger partial charge on any atom is 0.331 e. The maximum absolute atomic E-state index is 11.3. The minimum Gasteiger partial charge on any atom is -0.422 e. The fourth-order valence-corrected chi connectivity index (χ4v) is 1.21. The van der Waals surface area contributed by atoms with Gasteiger partial charge in [-0.05, 0) is 0 Å². The van der Waals surface area contributed by atoms with Crippen LogP contribution in [0, 0.1) is 5.92 Å². The molecular formula is C9H12O6. The molecule has 6 nitrogen and oxygen atoms in total. The average Bonchev–Trinajstić information content (AvgIpc) is 1.99. The number of hydrogen-bond donors (Lipinski definition) is 0. The summed E-state index contributed by atoms with van der Waals surface area (Å²) in [5, 5.41) is 0. The molecule has 0 atom stereocenters. The van der Waals surface area contributed by atoms with Crippen molar-refractivity contribution in [2.75, 3.05) is 13.7 Å². The van der Waals surface area contributed by atoms with E-state index in [0.717, 1.165) is 0 Å². The number of esters is 2. The van der Waals surface area contributed by atoms with Crippen LogP contribution in [0.4, 0.5) is 0 Å². The molecule has 84 valence electrons. The van der Waals surface area contributed by atoms with Gasteiger partial charge in [-0.3, -0.25) is 14.4 Å². The Bertz CT molecular complexity index is 286. The fourth-order valence-electron chi connectivity index (χ4n) is 1.21. The molecule has 1 aliphatic rings. The second-order valence-electron chi connectivity index (χ2n) is 3.57. The predicted octanol–water partition coefficient (Wildman–Crippen LogP) is -0.346. The highest BCUT2D eigenvalue weighted by Crippen LogP contribution is 2.23. The van der Waals surface area contributed by atoms with Crippen LogP contribution in [0.5, 0.6) is 0 Å². The molecule has 0 bridgehead atoms. The number of ketones is 1. The van der Waals surface area contributed by atoms with E-state index in [-0.39, 0.29) is 6.61 Å². The van der Waals surface area contributed by atoms with Gasteiger partial charge in [0.15, 0.2) is 5.78 Å². The standard InChI is InChI=1S/C9H12O6/c1-9(2)14-7(11)6(8(12)15-9)5(10)4-13-3/h6H,4H2,1-3H3. The van der Waals surface area contributed by atoms with Gasteiger partial charge in [-0.2, -0.15) is 0 Å². The van der Waals surface area contributed by atoms with Crippen molar-refractivity contribution in [3.8, 4) is 0 Å². The van der Waals surface area contributed by atoms with E-state index < -0.39 is 29.4 Å². The normalized spacial score (nSPS) is 20.7. The van der Waals surface area contributed by atoms with Crippen molar-refractivity contribution in [1.82, 2.24) is 0 Å². The Morgan fingerprint density at radius 2 is 1.80 bits per heavy atom. The molecule has 0 unspecified atom stereocenters. The summed E-state index contributed by atoms with van der Waals surface area (Å²) in [6.45, 7) is 2.51. The van der Waals surface area contributed by atoms with E-state index in [1.807, 2.05) is 0 Å². The van der Waals surface area contributed by atoms with Crippen molar-refractivity contribution in [3.63, 3.8) is 0 Å². The first-order chi connectivity index (χ1) is 6.87. The summed E-state index contributed by atoms with van der Waals surface area (Å²) < 4.78 is 14.1. The van der Waals surface area contributed by atoms with E-state index in [1.54, 1.807) is 0 Å². The average molecular weight is 216 g/mol. The molecule has 0 spiro atoms. The largest absolute Gasteiger partial charge is 0.422 e. The van der Waals surface area contributed by atoms with Crippen LogP contribution < -0.4 is 0 Å². The molecule has 1 saturated heterocycles. The molecule has 0 saturated carbocycles. The Morgan fingerprint density at radius 1 is 1.33 bits per heavy atom. The molecule has 1 aliphatic heterocycles. The third-order valence-corrected chi connectivity index (χ3v) is 1.77. The number of Topliss-reactive ketones (excluding diaryl/α,β-unsaturated/α-hetero) is 1. The minimum absolute atomic E-state index is 0.324. The van der Waals surface area contributed by atoms with Gasteiger partial charge < -0.3 is 14.2 Å². The van der Waals surface area contributed by atoms with Crippen molar-refractivity contribution in [2.24, 2.45) is 5.92 Å². The van der Waals surface area contributed by atoms with Crippen molar-refractivity contribution >= 4 is 17.7 Å². The van der Waals surface area contributed by atoms with Gasteiger partial charge in [-0.25, -0.2) is 0 Å². The summed E-state index contributed by atoms with van der Waals surface area (Å²) in [6.07, 6.45) is 0. The zero-order valence-electron chi connectivity index (χ0n) is 8.73. The van der Waals surface area contributed by atoms with Crippen LogP contribution >= 0.6 is 0 Å². The van der Waals surface area contributed by atoms with Crippen molar-refractivity contribution in [2.45, 2.75) is 19.6 Å². The summed E-state index contributed by atoms with van der Waals surface area (Å²) in [5.74, 6) is -5.27. The first kappa shape index (κ1) is 11.6. The van der Waals surface area contributed by atoms with Crippen molar-refractivity contribution in [1.29, 1.82) is 0 Å². The smallest absolute Gasteiger partial charge is 0.331 e. The molecule has 0 N–H and O–H groups in total. The topological polar surface area (TPSA) is 78.9 Å². The summed E-state index contributed by atoms with van der Waals surface area (Å²) in [5.41, 5.74) is 0. The second kappa shape index (κ2) is 3.98. The Labute approximate surface area is 86.5 Å². The van der Waals surface area contributed by atoms with Crippen LogP contribution in [0.1, 0.15) is 13.8 Å². The molecule has 0 aliphatic carbocycles. The zero-order chi connectivity index (χ0) is 11.6. The molecule has 0 aromatic heterocycles. The Kier molecular flexibility index (Phi) is 3.09. The quantitative estimate of drug-likeness (QED) is 0.474. The van der Waals surface area contributed by atoms with Gasteiger partial charge in [0.2, 0.25) is 5.92 Å². The predicted molar refractivity (Wildman–Crippen MR) is 46.6 cm³/mol. The SMILES string of the molecule is COCC(=O)C1C(=O)OC(C)(C)OC1=O. The lowest BCUT2D eigenvalue weighted by molar-refractivity contribution is -0.238. The number of carbonyl (C=O) groups is 3. The molecule has 0 amide bonds. The van der Waals surface area contributed by atoms with E-state index in [0.29, 0.717) is 0 Å². The summed E-state index contributed by atoms with van der Waals surface area (Å²) >= 11 is 0. The third-order valence-electron chi connectivity index (χ3n) is 1.77. The lowest BCUT2D eigenvalue weighted by atomic mass is 10.0. The molecule has 0 radical (unpaired) electrons. The van der Waals surface area contributed by atoms with E-state index >= 15 is 0 Å². The van der Waals surface area contributed by atoms with Crippen molar-refractivity contribution in [3.05, 3.63) is 0 Å². The van der Waals surface area contributed by atoms with Crippen LogP contribution in [0.25, 0.3) is 0 Å². The van der Waals surface area contributed by atoms with E-state index in [9.17, 15) is 14.4 Å². The van der Waals surface area contributed by atoms with Crippen molar-refractivity contribution < 1.29 is 28.6 Å². The monoisotopic (exact) mass is 216 g/mol. The number of carbonyl (C=O) groups excluding carboxylic acids is 3. The molecule has 0 aromatic carbocycles. The number of cyclic esters (lactones) is 2. The summed E-state index contributed by atoms with van der Waals surface area (Å²) in [6, 6.07) is 0. The Hall–Kier alpha value is -1.43. The highest BCUT2D eigenvalue weighted by atomic mass is 16.7. The highest BCUT2D eigenvalue weighted by Gasteiger charge is 2.46. The molecule has 1 rings (SSSR count). The van der Waals surface area contributed by atoms with E-state index in [2.05, 4.69) is 4.74 Å². The van der Waals surface area contributed by atoms with E-state index in [1.165, 1.54) is 21.0 Å². The van der Waals surface area contributed by atoms with Gasteiger partial charge in [0.1, 0.15) is 6.61 Å². The molecule has 1 fully saturated rings. The summed E-state index contributed by atoms with van der Waals surface area (Å²) in [7, 11) is 1.29. The number of methoxy groups -OCH3 is 1. The van der Waals surface area contributed by atoms with Crippen LogP contribution in [0.3, 0.4) is 0 Å². The van der Waals surface area contributed by atoms with Gasteiger partial charge in [0.25, 0.3) is 5.79 Å². The number of ether oxygens (including phenoxy) is 3. The van der Waals surface area contributed by atoms with Crippen LogP contribution in [-0.4, -0.2) is 37.2 Å². The van der Waals surface area contributed by atoms with E-state index in [4.69, 9.17) is 9.47 Å². The minimum atomic E-state index is -1.52. The molecule has 15 heavy (non-hydrogen) atoms. The van der Waals surface area contributed by atoms with Gasteiger partial charge >= 0.3 is 11.9 Å². The van der Waals surface area contributed by atoms with Crippen LogP contribution in [0.15, 0.2) is 0 Å². The Balaban J connectivity index is 2.80. The van der Waals surface area contributed by atoms with Gasteiger partial charge in [-0.15, -0.1) is 0 Å². The van der Waals surface area contributed by atoms with Crippen LogP contribution in [-0.2, 0) is 28.6 Å². The molecule has 1 heterocycles. The van der Waals surface area contributed by atoms with Gasteiger partial charge in [0, 0.05) is 21.0 Å². The molecule has 0 aromatic rings. The number of rotatable bonds is 3. The lowest BCUT2D eigenvalue weighted by Gasteiger charge is -2.32.